The Labute approximate surface area is 210 Å². The second-order valence-corrected chi connectivity index (χ2v) is 8.28. The molecule has 8 nitrogen and oxygen atoms in total. The molecule has 0 aliphatic rings. The van der Waals surface area contributed by atoms with Gasteiger partial charge in [0, 0.05) is 24.0 Å². The van der Waals surface area contributed by atoms with Crippen molar-refractivity contribution in [2.75, 3.05) is 17.7 Å². The largest absolute Gasteiger partial charge is 0.493 e. The Bertz CT molecular complexity index is 1400. The molecule has 0 unspecified atom stereocenters. The van der Waals surface area contributed by atoms with Crippen molar-refractivity contribution >= 4 is 23.5 Å². The lowest BCUT2D eigenvalue weighted by Crippen LogP contribution is -2.19. The van der Waals surface area contributed by atoms with Crippen LogP contribution in [0.3, 0.4) is 0 Å². The molecule has 0 atom stereocenters. The van der Waals surface area contributed by atoms with Gasteiger partial charge in [0.05, 0.1) is 7.11 Å². The van der Waals surface area contributed by atoms with Crippen LogP contribution in [0, 0.1) is 20.8 Å². The number of aromatic nitrogens is 2. The standard InChI is InChI=1S/C28H29N5O3/c1-17-12-13-21(19(3)18(17)2)22-9-7-11-24(35-4)26(22)36-28(34)33-25-14-15-30-27(32-25)31-23-10-6-5-8-20(23)16-29/h5-15H,16,29H2,1-4H3,(H2,30,31,32,33,34). The van der Waals surface area contributed by atoms with E-state index in [4.69, 9.17) is 15.2 Å². The number of methoxy groups -OCH3 is 1. The lowest BCUT2D eigenvalue weighted by atomic mass is 9.93. The molecule has 4 N–H and O–H groups in total. The van der Waals surface area contributed by atoms with Crippen LogP contribution in [-0.2, 0) is 6.54 Å². The number of nitrogens with one attached hydrogen (secondary N) is 2. The minimum absolute atomic E-state index is 0.279. The van der Waals surface area contributed by atoms with Crippen LogP contribution in [0.2, 0.25) is 0 Å². The monoisotopic (exact) mass is 483 g/mol. The van der Waals surface area contributed by atoms with Crippen molar-refractivity contribution in [3.05, 3.63) is 89.1 Å². The van der Waals surface area contributed by atoms with Crippen LogP contribution >= 0.6 is 0 Å². The molecular formula is C28H29N5O3. The maximum absolute atomic E-state index is 12.9. The SMILES string of the molecule is COc1cccc(-c2ccc(C)c(C)c2C)c1OC(=O)Nc1ccnc(Nc2ccccc2CN)n1. The van der Waals surface area contributed by atoms with Gasteiger partial charge in [-0.2, -0.15) is 4.98 Å². The quantitative estimate of drug-likeness (QED) is 0.300. The average Bonchev–Trinajstić information content (AvgIpc) is 2.88. The van der Waals surface area contributed by atoms with Crippen LogP contribution in [0.4, 0.5) is 22.2 Å². The Morgan fingerprint density at radius 1 is 0.944 bits per heavy atom. The molecule has 0 saturated heterocycles. The van der Waals surface area contributed by atoms with Crippen LogP contribution in [0.5, 0.6) is 11.5 Å². The number of anilines is 3. The fourth-order valence-corrected chi connectivity index (χ4v) is 3.89. The van der Waals surface area contributed by atoms with E-state index < -0.39 is 6.09 Å². The zero-order chi connectivity index (χ0) is 25.7. The first-order chi connectivity index (χ1) is 17.4. The van der Waals surface area contributed by atoms with E-state index in [1.165, 1.54) is 11.1 Å². The summed E-state index contributed by atoms with van der Waals surface area (Å²) < 4.78 is 11.3. The van der Waals surface area contributed by atoms with Gasteiger partial charge < -0.3 is 20.5 Å². The maximum atomic E-state index is 12.9. The Morgan fingerprint density at radius 3 is 2.53 bits per heavy atom. The molecule has 1 aromatic heterocycles. The van der Waals surface area contributed by atoms with Crippen molar-refractivity contribution in [3.63, 3.8) is 0 Å². The second kappa shape index (κ2) is 10.9. The zero-order valence-corrected chi connectivity index (χ0v) is 20.8. The fourth-order valence-electron chi connectivity index (χ4n) is 3.89. The summed E-state index contributed by atoms with van der Waals surface area (Å²) in [6, 6.07) is 18.8. The number of amides is 1. The van der Waals surface area contributed by atoms with Crippen molar-refractivity contribution in [1.82, 2.24) is 9.97 Å². The number of ether oxygens (including phenoxy) is 2. The third-order valence-electron chi connectivity index (χ3n) is 6.11. The molecule has 4 rings (SSSR count). The number of rotatable bonds is 7. The van der Waals surface area contributed by atoms with E-state index in [2.05, 4.69) is 47.4 Å². The first kappa shape index (κ1) is 24.7. The Kier molecular flexibility index (Phi) is 7.46. The number of aryl methyl sites for hydroxylation is 1. The normalized spacial score (nSPS) is 10.6. The second-order valence-electron chi connectivity index (χ2n) is 8.28. The summed E-state index contributed by atoms with van der Waals surface area (Å²) in [6.45, 7) is 6.57. The predicted molar refractivity (Wildman–Crippen MR) is 142 cm³/mol. The van der Waals surface area contributed by atoms with Crippen LogP contribution in [0.25, 0.3) is 11.1 Å². The predicted octanol–water partition coefficient (Wildman–Crippen LogP) is 5.89. The van der Waals surface area contributed by atoms with Gasteiger partial charge in [0.2, 0.25) is 5.95 Å². The summed E-state index contributed by atoms with van der Waals surface area (Å²) >= 11 is 0. The van der Waals surface area contributed by atoms with Crippen LogP contribution in [-0.4, -0.2) is 23.2 Å². The van der Waals surface area contributed by atoms with Crippen molar-refractivity contribution in [2.45, 2.75) is 27.3 Å². The molecule has 4 aromatic rings. The van der Waals surface area contributed by atoms with Crippen molar-refractivity contribution in [2.24, 2.45) is 5.73 Å². The number of nitrogens with zero attached hydrogens (tertiary/aromatic N) is 2. The van der Waals surface area contributed by atoms with Gasteiger partial charge in [-0.3, -0.25) is 5.32 Å². The minimum atomic E-state index is -0.700. The molecule has 0 spiro atoms. The van der Waals surface area contributed by atoms with Gasteiger partial charge in [-0.1, -0.05) is 42.5 Å². The lowest BCUT2D eigenvalue weighted by Gasteiger charge is -2.17. The van der Waals surface area contributed by atoms with Gasteiger partial charge in [0.25, 0.3) is 0 Å². The number of para-hydroxylation sites is 2. The molecule has 36 heavy (non-hydrogen) atoms. The van der Waals surface area contributed by atoms with Gasteiger partial charge in [-0.25, -0.2) is 9.78 Å². The maximum Gasteiger partial charge on any atom is 0.418 e. The van der Waals surface area contributed by atoms with E-state index in [1.807, 2.05) is 42.5 Å². The highest BCUT2D eigenvalue weighted by atomic mass is 16.6. The molecule has 3 aromatic carbocycles. The highest BCUT2D eigenvalue weighted by Crippen LogP contribution is 2.40. The van der Waals surface area contributed by atoms with Crippen molar-refractivity contribution in [3.8, 4) is 22.6 Å². The number of hydrogen-bond acceptors (Lipinski definition) is 7. The molecule has 0 bridgehead atoms. The van der Waals surface area contributed by atoms with Gasteiger partial charge in [-0.15, -0.1) is 0 Å². The van der Waals surface area contributed by atoms with E-state index in [9.17, 15) is 4.79 Å². The lowest BCUT2D eigenvalue weighted by molar-refractivity contribution is 0.213. The van der Waals surface area contributed by atoms with E-state index >= 15 is 0 Å². The fraction of sp³-hybridized carbons (Fsp3) is 0.179. The van der Waals surface area contributed by atoms with E-state index in [1.54, 1.807) is 25.4 Å². The van der Waals surface area contributed by atoms with Crippen LogP contribution in [0.15, 0.2) is 66.9 Å². The van der Waals surface area contributed by atoms with E-state index in [-0.39, 0.29) is 5.82 Å². The third kappa shape index (κ3) is 5.29. The molecule has 0 aliphatic heterocycles. The molecule has 0 saturated carbocycles. The number of benzene rings is 3. The summed E-state index contributed by atoms with van der Waals surface area (Å²) in [6.07, 6.45) is 0.845. The summed E-state index contributed by atoms with van der Waals surface area (Å²) in [5, 5.41) is 5.82. The van der Waals surface area contributed by atoms with Crippen LogP contribution < -0.4 is 25.8 Å². The van der Waals surface area contributed by atoms with Gasteiger partial charge in [0.15, 0.2) is 11.5 Å². The number of nitrogens with two attached hydrogens (primary N) is 1. The average molecular weight is 484 g/mol. The minimum Gasteiger partial charge on any atom is -0.493 e. The topological polar surface area (TPSA) is 111 Å². The zero-order valence-electron chi connectivity index (χ0n) is 20.8. The third-order valence-corrected chi connectivity index (χ3v) is 6.11. The number of carbonyl (C=O) groups is 1. The summed E-state index contributed by atoms with van der Waals surface area (Å²) in [4.78, 5) is 21.5. The van der Waals surface area contributed by atoms with Gasteiger partial charge in [-0.05, 0) is 66.8 Å². The summed E-state index contributed by atoms with van der Waals surface area (Å²) in [7, 11) is 1.54. The molecule has 8 heteroatoms. The Balaban J connectivity index is 1.58. The smallest absolute Gasteiger partial charge is 0.418 e. The molecule has 0 radical (unpaired) electrons. The van der Waals surface area contributed by atoms with E-state index in [0.29, 0.717) is 24.0 Å². The van der Waals surface area contributed by atoms with E-state index in [0.717, 1.165) is 27.9 Å². The van der Waals surface area contributed by atoms with Crippen LogP contribution in [0.1, 0.15) is 22.3 Å². The molecule has 1 amide bonds. The summed E-state index contributed by atoms with van der Waals surface area (Å²) in [5.41, 5.74) is 12.7. The molecule has 0 aliphatic carbocycles. The molecule has 1 heterocycles. The molecule has 0 fully saturated rings. The number of carbonyl (C=O) groups excluding carboxylic acids is 1. The Morgan fingerprint density at radius 2 is 1.75 bits per heavy atom. The van der Waals surface area contributed by atoms with Crippen molar-refractivity contribution in [1.29, 1.82) is 0 Å². The first-order valence-electron chi connectivity index (χ1n) is 11.5. The first-order valence-corrected chi connectivity index (χ1v) is 11.5. The molecular weight excluding hydrogens is 454 g/mol. The van der Waals surface area contributed by atoms with Gasteiger partial charge >= 0.3 is 6.09 Å². The highest BCUT2D eigenvalue weighted by molar-refractivity contribution is 5.88. The summed E-state index contributed by atoms with van der Waals surface area (Å²) in [5.74, 6) is 1.37. The number of hydrogen-bond donors (Lipinski definition) is 3. The highest BCUT2D eigenvalue weighted by Gasteiger charge is 2.19. The van der Waals surface area contributed by atoms with Gasteiger partial charge in [0.1, 0.15) is 5.82 Å². The Hall–Kier alpha value is -4.43. The van der Waals surface area contributed by atoms with Crippen molar-refractivity contribution < 1.29 is 14.3 Å². The molecule has 184 valence electrons.